The molecule has 0 saturated heterocycles. The Morgan fingerprint density at radius 2 is 1.31 bits per heavy atom. The van der Waals surface area contributed by atoms with Gasteiger partial charge in [0.15, 0.2) is 34.5 Å². The molecule has 55 heavy (non-hydrogen) atoms. The number of rotatable bonds is 9. The maximum absolute atomic E-state index is 14.3. The average Bonchev–Trinajstić information content (AvgIpc) is 3.14. The summed E-state index contributed by atoms with van der Waals surface area (Å²) < 4.78 is 50.9. The Labute approximate surface area is 319 Å². The second-order valence-electron chi connectivity index (χ2n) is 15.0. The molecule has 0 fully saturated rings. The number of nitrogens with zero attached hydrogens (tertiary/aromatic N) is 2. The van der Waals surface area contributed by atoms with Crippen LogP contribution in [0, 0.1) is 0 Å². The Morgan fingerprint density at radius 1 is 0.727 bits per heavy atom. The molecule has 4 heterocycles. The summed E-state index contributed by atoms with van der Waals surface area (Å²) in [6.45, 7) is -0.720. The second-order valence-corrected chi connectivity index (χ2v) is 15.0. The molecule has 0 aromatic heterocycles. The highest BCUT2D eigenvalue weighted by Gasteiger charge is 2.45. The fourth-order valence-corrected chi connectivity index (χ4v) is 8.72. The van der Waals surface area contributed by atoms with Crippen LogP contribution < -0.4 is 38.6 Å². The quantitative estimate of drug-likeness (QED) is 0.231. The van der Waals surface area contributed by atoms with Gasteiger partial charge in [-0.2, -0.15) is 0 Å². The van der Waals surface area contributed by atoms with Crippen molar-refractivity contribution < 1.29 is 61.6 Å². The molecule has 4 aliphatic rings. The van der Waals surface area contributed by atoms with Crippen molar-refractivity contribution in [2.24, 2.45) is 0 Å². The maximum atomic E-state index is 14.3. The smallest absolute Gasteiger partial charge is 0.229 e. The van der Waals surface area contributed by atoms with E-state index >= 15 is 0 Å². The molecule has 290 valence electrons. The topological polar surface area (TPSA) is 136 Å². The monoisotopic (exact) mass is 756 g/mol. The molecule has 0 spiro atoms. The van der Waals surface area contributed by atoms with Crippen molar-refractivity contribution >= 4 is 11.9 Å². The number of quaternary nitrogens is 2. The Bertz CT molecular complexity index is 2120. The van der Waals surface area contributed by atoms with Gasteiger partial charge in [0.2, 0.25) is 12.6 Å². The van der Waals surface area contributed by atoms with Gasteiger partial charge in [0.25, 0.3) is 0 Å². The van der Waals surface area contributed by atoms with Crippen LogP contribution in [-0.2, 0) is 35.3 Å². The van der Waals surface area contributed by atoms with E-state index in [9.17, 15) is 24.2 Å². The van der Waals surface area contributed by atoms with E-state index in [1.165, 1.54) is 14.2 Å². The van der Waals surface area contributed by atoms with Gasteiger partial charge in [-0.15, -0.1) is 0 Å². The van der Waals surface area contributed by atoms with E-state index < -0.39 is 24.8 Å². The first-order valence-electron chi connectivity index (χ1n) is 18.2. The number of carbonyl (C=O) groups is 2. The van der Waals surface area contributed by atoms with Gasteiger partial charge in [-0.3, -0.25) is 0 Å². The first-order valence-corrected chi connectivity index (χ1v) is 18.2. The van der Waals surface area contributed by atoms with Crippen LogP contribution in [0.2, 0.25) is 0 Å². The zero-order valence-corrected chi connectivity index (χ0v) is 31.6. The van der Waals surface area contributed by atoms with Crippen molar-refractivity contribution in [2.75, 3.05) is 68.5 Å². The third kappa shape index (κ3) is 7.21. The predicted octanol–water partition coefficient (Wildman–Crippen LogP) is 3.99. The molecule has 4 unspecified atom stereocenters. The first-order chi connectivity index (χ1) is 26.4. The van der Waals surface area contributed by atoms with Gasteiger partial charge in [0, 0.05) is 31.2 Å². The molecule has 4 aliphatic heterocycles. The van der Waals surface area contributed by atoms with Gasteiger partial charge in [0.1, 0.15) is 30.9 Å². The van der Waals surface area contributed by atoms with Crippen molar-refractivity contribution in [2.45, 2.75) is 37.8 Å². The Hall–Kier alpha value is -5.53. The van der Waals surface area contributed by atoms with Crippen LogP contribution in [0.4, 0.5) is 4.39 Å². The molecule has 8 rings (SSSR count). The highest BCUT2D eigenvalue weighted by atomic mass is 19.1. The third-order valence-electron chi connectivity index (χ3n) is 11.6. The van der Waals surface area contributed by atoms with E-state index in [1.54, 1.807) is 19.2 Å². The van der Waals surface area contributed by atoms with Crippen molar-refractivity contribution in [1.29, 1.82) is 0 Å². The normalized spacial score (nSPS) is 22.5. The van der Waals surface area contributed by atoms with Gasteiger partial charge in [0.05, 0.1) is 66.0 Å². The number of benzene rings is 4. The molecule has 0 amide bonds. The number of carboxylic acids is 2. The zero-order valence-electron chi connectivity index (χ0n) is 31.6. The molecule has 0 radical (unpaired) electrons. The van der Waals surface area contributed by atoms with Crippen LogP contribution in [0.25, 0.3) is 0 Å². The molecule has 12 nitrogen and oxygen atoms in total. The largest absolute Gasteiger partial charge is 0.544 e. The number of fused-ring (bicyclic) bond motifs is 2. The number of alkyl halides is 1. The van der Waals surface area contributed by atoms with E-state index in [0.29, 0.717) is 73.1 Å². The number of ether oxygens (including phenoxy) is 6. The third-order valence-corrected chi connectivity index (χ3v) is 11.6. The summed E-state index contributed by atoms with van der Waals surface area (Å²) >= 11 is 0. The van der Waals surface area contributed by atoms with Gasteiger partial charge in [-0.05, 0) is 64.7 Å². The lowest BCUT2D eigenvalue weighted by Gasteiger charge is -2.47. The zero-order chi connectivity index (χ0) is 39.1. The number of halogens is 1. The number of carboxylic acid groups (broad SMARTS) is 2. The first kappa shape index (κ1) is 37.8. The summed E-state index contributed by atoms with van der Waals surface area (Å²) in [6, 6.07) is 17.9. The molecule has 13 heteroatoms. The van der Waals surface area contributed by atoms with Crippen molar-refractivity contribution in [3.63, 3.8) is 0 Å². The predicted molar refractivity (Wildman–Crippen MR) is 194 cm³/mol. The van der Waals surface area contributed by atoms with Gasteiger partial charge in [-0.1, -0.05) is 18.2 Å². The molecular formula is C42H45FN2O10. The number of hydrogen-bond donors (Lipinski definition) is 0. The molecule has 6 bridgehead atoms. The van der Waals surface area contributed by atoms with Crippen LogP contribution in [-0.4, -0.2) is 89.4 Å². The lowest BCUT2D eigenvalue weighted by atomic mass is 9.85. The Balaban J connectivity index is 1.53. The second kappa shape index (κ2) is 15.0. The molecule has 4 aromatic rings. The fourth-order valence-electron chi connectivity index (χ4n) is 8.72. The van der Waals surface area contributed by atoms with Crippen molar-refractivity contribution in [1.82, 2.24) is 0 Å². The fraction of sp³-hybridized carbons (Fsp3) is 0.381. The van der Waals surface area contributed by atoms with Crippen molar-refractivity contribution in [3.8, 4) is 46.0 Å². The highest BCUT2D eigenvalue weighted by molar-refractivity contribution is 5.67. The van der Waals surface area contributed by atoms with Crippen LogP contribution in [0.15, 0.2) is 60.7 Å². The van der Waals surface area contributed by atoms with Gasteiger partial charge >= 0.3 is 0 Å². The minimum Gasteiger partial charge on any atom is -0.544 e. The van der Waals surface area contributed by atoms with Gasteiger partial charge < -0.3 is 57.2 Å². The minimum absolute atomic E-state index is 0.0113. The lowest BCUT2D eigenvalue weighted by Crippen LogP contribution is -2.56. The van der Waals surface area contributed by atoms with Crippen LogP contribution in [0.5, 0.6) is 46.0 Å². The van der Waals surface area contributed by atoms with Crippen LogP contribution >= 0.6 is 0 Å². The van der Waals surface area contributed by atoms with E-state index in [-0.39, 0.29) is 45.3 Å². The van der Waals surface area contributed by atoms with Crippen molar-refractivity contribution in [3.05, 3.63) is 94.0 Å². The SMILES string of the molecule is COc1ccc2cc1Oc1ccc(cc1)CC1c3cc(c(OC)cc3CC[N+]1(C)CC(=O)[O-])Oc1c(OCF)c(OC)cc3c1C(C2)[N+](C)(CC(=O)[O-])CC3. The summed E-state index contributed by atoms with van der Waals surface area (Å²) in [4.78, 5) is 24.6. The number of aliphatic carboxylic acids is 2. The summed E-state index contributed by atoms with van der Waals surface area (Å²) in [5.41, 5.74) is 5.08. The summed E-state index contributed by atoms with van der Waals surface area (Å²) in [5, 5.41) is 24.6. The molecule has 0 N–H and O–H groups in total. The minimum atomic E-state index is -1.22. The molecule has 0 saturated carbocycles. The van der Waals surface area contributed by atoms with E-state index in [1.807, 2.05) is 62.6 Å². The lowest BCUT2D eigenvalue weighted by molar-refractivity contribution is -0.936. The number of likely N-dealkylation sites (N-methyl/N-ethyl adjacent to an activating group) is 2. The Morgan fingerprint density at radius 3 is 1.95 bits per heavy atom. The summed E-state index contributed by atoms with van der Waals surface area (Å²) in [5.74, 6) is 0.282. The standard InChI is InChI=1S/C42H45FN2O10/c1-44(22-38(46)47)14-12-27-19-34(51-4)36-21-30(27)31(44)16-25-6-9-29(10-7-25)54-35-18-26(8-11-33(35)50-3)17-32-40-28(13-15-45(32,2)23-39(48)49)20-37(52-5)41(53-24-43)42(40)55-36/h6-11,18-21,31-32H,12-17,22-24H2,1-5H3. The highest BCUT2D eigenvalue weighted by Crippen LogP contribution is 2.54. The summed E-state index contributed by atoms with van der Waals surface area (Å²) in [6.07, 6.45) is 1.82. The van der Waals surface area contributed by atoms with E-state index in [2.05, 4.69) is 0 Å². The van der Waals surface area contributed by atoms with E-state index in [4.69, 9.17) is 28.4 Å². The van der Waals surface area contributed by atoms with Crippen LogP contribution in [0.1, 0.15) is 45.5 Å². The average molecular weight is 757 g/mol. The van der Waals surface area contributed by atoms with E-state index in [0.717, 1.165) is 27.8 Å². The number of hydrogen-bond acceptors (Lipinski definition) is 10. The van der Waals surface area contributed by atoms with Crippen LogP contribution in [0.3, 0.4) is 0 Å². The molecule has 4 aromatic carbocycles. The molecule has 0 aliphatic carbocycles. The van der Waals surface area contributed by atoms with Gasteiger partial charge in [-0.25, -0.2) is 4.39 Å². The molecule has 4 atom stereocenters. The summed E-state index contributed by atoms with van der Waals surface area (Å²) in [7, 11) is 8.33. The number of carbonyl (C=O) groups excluding carboxylic acids is 2. The number of methoxy groups -OCH3 is 3. The maximum Gasteiger partial charge on any atom is 0.229 e. The Kier molecular flexibility index (Phi) is 10.3. The molecular weight excluding hydrogens is 711 g/mol.